The molecule has 164 valence electrons. The third kappa shape index (κ3) is 4.24. The van der Waals surface area contributed by atoms with Crippen LogP contribution in [0.1, 0.15) is 47.2 Å². The predicted molar refractivity (Wildman–Crippen MR) is 124 cm³/mol. The van der Waals surface area contributed by atoms with Crippen molar-refractivity contribution < 1.29 is 13.2 Å². The lowest BCUT2D eigenvalue weighted by atomic mass is 10.1. The number of carbonyl (C=O) groups excluding carboxylic acids is 1. The van der Waals surface area contributed by atoms with Gasteiger partial charge in [0.05, 0.1) is 15.1 Å². The van der Waals surface area contributed by atoms with E-state index in [1.807, 2.05) is 17.7 Å². The van der Waals surface area contributed by atoms with Gasteiger partial charge in [0.15, 0.2) is 4.80 Å². The monoisotopic (exact) mass is 457 g/mol. The molecule has 0 saturated carbocycles. The maximum atomic E-state index is 12.9. The molecule has 1 aliphatic rings. The quantitative estimate of drug-likeness (QED) is 0.593. The SMILES string of the molecule is Cc1ccc2sc(=NC(=O)c3ccc(S(=O)(=O)N4CCCCCC4)cc3)n(C)c2c1C. The van der Waals surface area contributed by atoms with Gasteiger partial charge in [0, 0.05) is 25.7 Å². The summed E-state index contributed by atoms with van der Waals surface area (Å²) in [5.74, 6) is -0.379. The number of thiazole rings is 1. The van der Waals surface area contributed by atoms with Crippen molar-refractivity contribution in [1.29, 1.82) is 0 Å². The van der Waals surface area contributed by atoms with Crippen LogP contribution in [0.3, 0.4) is 0 Å². The van der Waals surface area contributed by atoms with Crippen LogP contribution in [0.25, 0.3) is 10.2 Å². The second-order valence-electron chi connectivity index (χ2n) is 8.06. The Kier molecular flexibility index (Phi) is 6.14. The van der Waals surface area contributed by atoms with E-state index < -0.39 is 10.0 Å². The maximum absolute atomic E-state index is 12.9. The van der Waals surface area contributed by atoms with E-state index in [-0.39, 0.29) is 10.8 Å². The zero-order chi connectivity index (χ0) is 22.2. The van der Waals surface area contributed by atoms with Crippen molar-refractivity contribution in [3.8, 4) is 0 Å². The zero-order valence-electron chi connectivity index (χ0n) is 18.1. The minimum atomic E-state index is -3.53. The van der Waals surface area contributed by atoms with E-state index in [2.05, 4.69) is 24.9 Å². The molecule has 31 heavy (non-hydrogen) atoms. The van der Waals surface area contributed by atoms with Crippen LogP contribution < -0.4 is 4.80 Å². The summed E-state index contributed by atoms with van der Waals surface area (Å²) < 4.78 is 30.4. The van der Waals surface area contributed by atoms with E-state index in [0.29, 0.717) is 23.5 Å². The molecule has 8 heteroatoms. The predicted octanol–water partition coefficient (Wildman–Crippen LogP) is 4.16. The van der Waals surface area contributed by atoms with Crippen LogP contribution in [0.4, 0.5) is 0 Å². The highest BCUT2D eigenvalue weighted by atomic mass is 32.2. The molecule has 0 atom stereocenters. The van der Waals surface area contributed by atoms with E-state index in [9.17, 15) is 13.2 Å². The summed E-state index contributed by atoms with van der Waals surface area (Å²) in [5, 5.41) is 0. The van der Waals surface area contributed by atoms with E-state index in [4.69, 9.17) is 0 Å². The molecule has 4 rings (SSSR count). The average Bonchev–Trinajstić information content (AvgIpc) is 2.93. The van der Waals surface area contributed by atoms with Crippen LogP contribution >= 0.6 is 11.3 Å². The molecule has 2 heterocycles. The molecule has 0 bridgehead atoms. The number of rotatable bonds is 3. The first-order valence-corrected chi connectivity index (χ1v) is 12.8. The number of carbonyl (C=O) groups is 1. The summed E-state index contributed by atoms with van der Waals surface area (Å²) in [6.07, 6.45) is 3.91. The third-order valence-corrected chi connectivity index (χ3v) is 9.00. The standard InChI is InChI=1S/C23H27N3O3S2/c1-16-8-13-20-21(17(16)2)25(3)23(30-20)24-22(27)18-9-11-19(12-10-18)31(28,29)26-14-6-4-5-7-15-26/h8-13H,4-7,14-15H2,1-3H3. The summed E-state index contributed by atoms with van der Waals surface area (Å²) in [6, 6.07) is 10.3. The number of sulfonamides is 1. The normalized spacial score (nSPS) is 16.5. The Hall–Kier alpha value is -2.29. The summed E-state index contributed by atoms with van der Waals surface area (Å²) >= 11 is 1.47. The van der Waals surface area contributed by atoms with Gasteiger partial charge in [0.1, 0.15) is 0 Å². The van der Waals surface area contributed by atoms with Crippen molar-refractivity contribution in [3.05, 3.63) is 57.9 Å². The summed E-state index contributed by atoms with van der Waals surface area (Å²) in [4.78, 5) is 17.9. The molecule has 1 amide bonds. The van der Waals surface area contributed by atoms with Crippen molar-refractivity contribution >= 4 is 37.5 Å². The number of aromatic nitrogens is 1. The van der Waals surface area contributed by atoms with Gasteiger partial charge in [-0.1, -0.05) is 30.2 Å². The fourth-order valence-corrected chi connectivity index (χ4v) is 6.58. The topological polar surface area (TPSA) is 71.7 Å². The summed E-state index contributed by atoms with van der Waals surface area (Å²) in [5.41, 5.74) is 3.82. The molecule has 0 N–H and O–H groups in total. The number of amides is 1. The van der Waals surface area contributed by atoms with Crippen molar-refractivity contribution in [2.45, 2.75) is 44.4 Å². The molecule has 1 saturated heterocycles. The van der Waals surface area contributed by atoms with Gasteiger partial charge in [0.25, 0.3) is 5.91 Å². The largest absolute Gasteiger partial charge is 0.319 e. The molecular weight excluding hydrogens is 430 g/mol. The third-order valence-electron chi connectivity index (χ3n) is 5.99. The van der Waals surface area contributed by atoms with Gasteiger partial charge in [-0.25, -0.2) is 8.42 Å². The number of aryl methyl sites for hydroxylation is 3. The molecule has 0 radical (unpaired) electrons. The number of hydrogen-bond acceptors (Lipinski definition) is 4. The highest BCUT2D eigenvalue weighted by Crippen LogP contribution is 2.23. The molecule has 0 spiro atoms. The first-order valence-electron chi connectivity index (χ1n) is 10.5. The number of fused-ring (bicyclic) bond motifs is 1. The lowest BCUT2D eigenvalue weighted by molar-refractivity contribution is 0.0998. The molecule has 0 unspecified atom stereocenters. The van der Waals surface area contributed by atoms with Gasteiger partial charge in [-0.3, -0.25) is 4.79 Å². The Morgan fingerprint density at radius 1 is 0.968 bits per heavy atom. The second kappa shape index (κ2) is 8.68. The van der Waals surface area contributed by atoms with Gasteiger partial charge < -0.3 is 4.57 Å². The van der Waals surface area contributed by atoms with E-state index in [1.54, 1.807) is 16.4 Å². The smallest absolute Gasteiger partial charge is 0.279 e. The lowest BCUT2D eigenvalue weighted by Gasteiger charge is -2.19. The van der Waals surface area contributed by atoms with Crippen molar-refractivity contribution in [1.82, 2.24) is 8.87 Å². The maximum Gasteiger partial charge on any atom is 0.279 e. The van der Waals surface area contributed by atoms with Crippen LogP contribution in [0.15, 0.2) is 46.3 Å². The summed E-state index contributed by atoms with van der Waals surface area (Å²) in [7, 11) is -1.62. The Bertz CT molecular complexity index is 1290. The van der Waals surface area contributed by atoms with Gasteiger partial charge >= 0.3 is 0 Å². The fourth-order valence-electron chi connectivity index (χ4n) is 3.99. The number of benzene rings is 2. The minimum absolute atomic E-state index is 0.226. The Labute approximate surface area is 186 Å². The molecule has 2 aromatic carbocycles. The fraction of sp³-hybridized carbons (Fsp3) is 0.391. The molecule has 1 fully saturated rings. The van der Waals surface area contributed by atoms with E-state index in [0.717, 1.165) is 35.9 Å². The first-order chi connectivity index (χ1) is 14.8. The number of nitrogens with zero attached hydrogens (tertiary/aromatic N) is 3. The highest BCUT2D eigenvalue weighted by Gasteiger charge is 2.25. The molecule has 0 aliphatic carbocycles. The summed E-state index contributed by atoms with van der Waals surface area (Å²) in [6.45, 7) is 5.24. The Morgan fingerprint density at radius 3 is 2.26 bits per heavy atom. The van der Waals surface area contributed by atoms with Crippen LogP contribution in [-0.4, -0.2) is 36.3 Å². The van der Waals surface area contributed by atoms with Gasteiger partial charge in [0.2, 0.25) is 10.0 Å². The van der Waals surface area contributed by atoms with Crippen LogP contribution in [0, 0.1) is 13.8 Å². The van der Waals surface area contributed by atoms with Crippen molar-refractivity contribution in [3.63, 3.8) is 0 Å². The van der Waals surface area contributed by atoms with Crippen LogP contribution in [0.2, 0.25) is 0 Å². The lowest BCUT2D eigenvalue weighted by Crippen LogP contribution is -2.31. The van der Waals surface area contributed by atoms with Gasteiger partial charge in [-0.05, 0) is 68.1 Å². The van der Waals surface area contributed by atoms with E-state index in [1.165, 1.54) is 34.6 Å². The average molecular weight is 458 g/mol. The van der Waals surface area contributed by atoms with Gasteiger partial charge in [-0.15, -0.1) is 0 Å². The van der Waals surface area contributed by atoms with E-state index >= 15 is 0 Å². The van der Waals surface area contributed by atoms with Crippen molar-refractivity contribution in [2.75, 3.05) is 13.1 Å². The molecule has 1 aromatic heterocycles. The zero-order valence-corrected chi connectivity index (χ0v) is 19.7. The second-order valence-corrected chi connectivity index (χ2v) is 11.0. The molecule has 1 aliphatic heterocycles. The van der Waals surface area contributed by atoms with Crippen molar-refractivity contribution in [2.24, 2.45) is 12.0 Å². The minimum Gasteiger partial charge on any atom is -0.319 e. The Balaban J connectivity index is 1.63. The molecular formula is C23H27N3O3S2. The molecule has 6 nitrogen and oxygen atoms in total. The first kappa shape index (κ1) is 21.9. The number of hydrogen-bond donors (Lipinski definition) is 0. The highest BCUT2D eigenvalue weighted by molar-refractivity contribution is 7.89. The van der Waals surface area contributed by atoms with Crippen LogP contribution in [0.5, 0.6) is 0 Å². The van der Waals surface area contributed by atoms with Crippen LogP contribution in [-0.2, 0) is 17.1 Å². The van der Waals surface area contributed by atoms with Gasteiger partial charge in [-0.2, -0.15) is 9.30 Å². The Morgan fingerprint density at radius 2 is 1.61 bits per heavy atom. The molecule has 3 aromatic rings.